The number of hydrogen-bond acceptors (Lipinski definition) is 5. The maximum Gasteiger partial charge on any atom is 0.224 e. The second-order valence-electron chi connectivity index (χ2n) is 6.77. The first-order valence-electron chi connectivity index (χ1n) is 8.51. The third-order valence-corrected chi connectivity index (χ3v) is 4.59. The molecule has 2 aliphatic rings. The number of likely N-dealkylation sites (tertiary alicyclic amines) is 1. The lowest BCUT2D eigenvalue weighted by Gasteiger charge is -2.34. The highest BCUT2D eigenvalue weighted by Gasteiger charge is 2.24. The molecule has 0 aliphatic carbocycles. The molecule has 0 bridgehead atoms. The molecule has 2 saturated heterocycles. The van der Waals surface area contributed by atoms with Gasteiger partial charge in [0.25, 0.3) is 0 Å². The Morgan fingerprint density at radius 2 is 2.04 bits per heavy atom. The van der Waals surface area contributed by atoms with E-state index >= 15 is 0 Å². The number of nitrogens with one attached hydrogen (secondary N) is 1. The highest BCUT2D eigenvalue weighted by atomic mass is 35.5. The number of carbonyl (C=O) groups is 1. The van der Waals surface area contributed by atoms with E-state index in [0.717, 1.165) is 52.1 Å². The van der Waals surface area contributed by atoms with Crippen LogP contribution in [0.5, 0.6) is 0 Å². The van der Waals surface area contributed by atoms with Gasteiger partial charge in [-0.2, -0.15) is 0 Å². The number of aliphatic hydroxyl groups is 1. The number of hydrogen-bond donors (Lipinski definition) is 2. The lowest BCUT2D eigenvalue weighted by Crippen LogP contribution is -2.44. The van der Waals surface area contributed by atoms with E-state index in [-0.39, 0.29) is 42.9 Å². The van der Waals surface area contributed by atoms with Gasteiger partial charge in [-0.25, -0.2) is 0 Å². The van der Waals surface area contributed by atoms with Crippen molar-refractivity contribution in [2.45, 2.75) is 38.4 Å². The lowest BCUT2D eigenvalue weighted by atomic mass is 9.96. The van der Waals surface area contributed by atoms with E-state index in [4.69, 9.17) is 4.74 Å². The van der Waals surface area contributed by atoms with E-state index in [1.54, 1.807) is 0 Å². The Labute approximate surface area is 158 Å². The minimum atomic E-state index is -0.259. The number of β-amino-alcohol motifs (C(OH)–C–C–N with tert-alkyl or cyclic N) is 1. The summed E-state index contributed by atoms with van der Waals surface area (Å²) in [5.41, 5.74) is 0. The van der Waals surface area contributed by atoms with Crippen molar-refractivity contribution in [3.8, 4) is 0 Å². The zero-order valence-corrected chi connectivity index (χ0v) is 16.4. The van der Waals surface area contributed by atoms with Gasteiger partial charge in [0, 0.05) is 33.2 Å². The first-order chi connectivity index (χ1) is 10.5. The van der Waals surface area contributed by atoms with Crippen molar-refractivity contribution in [1.82, 2.24) is 15.1 Å². The zero-order valence-electron chi connectivity index (χ0n) is 14.8. The molecule has 2 heterocycles. The fourth-order valence-electron chi connectivity index (χ4n) is 3.32. The highest BCUT2D eigenvalue weighted by Crippen LogP contribution is 2.18. The number of carbonyl (C=O) groups excluding carboxylic acids is 1. The Bertz CT molecular complexity index is 347. The smallest absolute Gasteiger partial charge is 0.224 e. The zero-order chi connectivity index (χ0) is 15.9. The Hall–Kier alpha value is -0.110. The van der Waals surface area contributed by atoms with Gasteiger partial charge >= 0.3 is 0 Å². The summed E-state index contributed by atoms with van der Waals surface area (Å²) in [6, 6.07) is 0. The second kappa shape index (κ2) is 12.3. The summed E-state index contributed by atoms with van der Waals surface area (Å²) in [6.07, 6.45) is 2.45. The van der Waals surface area contributed by atoms with Gasteiger partial charge in [-0.05, 0) is 38.8 Å². The van der Waals surface area contributed by atoms with Gasteiger partial charge in [-0.3, -0.25) is 4.79 Å². The molecule has 0 aromatic rings. The third-order valence-electron chi connectivity index (χ3n) is 4.59. The van der Waals surface area contributed by atoms with Crippen LogP contribution in [0.4, 0.5) is 0 Å². The maximum absolute atomic E-state index is 12.3. The molecule has 0 aromatic carbocycles. The van der Waals surface area contributed by atoms with E-state index in [0.29, 0.717) is 18.9 Å². The summed E-state index contributed by atoms with van der Waals surface area (Å²) in [6.45, 7) is 7.82. The van der Waals surface area contributed by atoms with Gasteiger partial charge < -0.3 is 25.0 Å². The molecule has 0 saturated carbocycles. The monoisotopic (exact) mass is 385 g/mol. The average molecular weight is 386 g/mol. The van der Waals surface area contributed by atoms with E-state index in [1.165, 1.54) is 0 Å². The molecule has 0 spiro atoms. The van der Waals surface area contributed by atoms with Crippen LogP contribution >= 0.6 is 24.8 Å². The van der Waals surface area contributed by atoms with Gasteiger partial charge in [0.2, 0.25) is 5.91 Å². The molecule has 2 unspecified atom stereocenters. The van der Waals surface area contributed by atoms with Crippen molar-refractivity contribution in [2.24, 2.45) is 5.92 Å². The number of nitrogens with zero attached hydrogens (tertiary/aromatic N) is 2. The van der Waals surface area contributed by atoms with Gasteiger partial charge in [-0.1, -0.05) is 0 Å². The summed E-state index contributed by atoms with van der Waals surface area (Å²) in [7, 11) is 1.90. The van der Waals surface area contributed by atoms with Crippen LogP contribution in [0.3, 0.4) is 0 Å². The third kappa shape index (κ3) is 8.32. The van der Waals surface area contributed by atoms with Crippen LogP contribution in [0.15, 0.2) is 0 Å². The number of amides is 1. The molecule has 1 amide bonds. The first-order valence-corrected chi connectivity index (χ1v) is 8.51. The predicted octanol–water partition coefficient (Wildman–Crippen LogP) is 0.760. The van der Waals surface area contributed by atoms with Gasteiger partial charge in [-0.15, -0.1) is 24.8 Å². The van der Waals surface area contributed by atoms with Crippen molar-refractivity contribution in [3.05, 3.63) is 0 Å². The normalized spacial score (nSPS) is 23.7. The summed E-state index contributed by atoms with van der Waals surface area (Å²) in [5, 5.41) is 12.7. The van der Waals surface area contributed by atoms with Crippen LogP contribution in [0.25, 0.3) is 0 Å². The summed E-state index contributed by atoms with van der Waals surface area (Å²) >= 11 is 0. The minimum Gasteiger partial charge on any atom is -0.392 e. The number of morpholine rings is 1. The van der Waals surface area contributed by atoms with E-state index in [9.17, 15) is 9.90 Å². The summed E-state index contributed by atoms with van der Waals surface area (Å²) < 4.78 is 5.60. The molecular formula is C16H33Cl2N3O3. The van der Waals surface area contributed by atoms with Crippen molar-refractivity contribution < 1.29 is 14.6 Å². The summed E-state index contributed by atoms with van der Waals surface area (Å²) in [4.78, 5) is 16.4. The van der Waals surface area contributed by atoms with Crippen LogP contribution in [0.1, 0.15) is 26.2 Å². The first kappa shape index (κ1) is 23.9. The highest BCUT2D eigenvalue weighted by molar-refractivity contribution is 5.85. The van der Waals surface area contributed by atoms with Crippen molar-refractivity contribution >= 4 is 30.7 Å². The molecule has 2 N–H and O–H groups in total. The van der Waals surface area contributed by atoms with Crippen LogP contribution < -0.4 is 5.32 Å². The number of rotatable bonds is 6. The van der Waals surface area contributed by atoms with E-state index in [2.05, 4.69) is 10.2 Å². The fraction of sp³-hybridized carbons (Fsp3) is 0.938. The molecule has 24 heavy (non-hydrogen) atoms. The summed E-state index contributed by atoms with van der Waals surface area (Å²) in [5.74, 6) is 0.754. The number of aliphatic hydroxyl groups excluding tert-OH is 1. The number of halogens is 2. The van der Waals surface area contributed by atoms with Crippen LogP contribution in [0, 0.1) is 5.92 Å². The lowest BCUT2D eigenvalue weighted by molar-refractivity contribution is -0.134. The Morgan fingerprint density at radius 1 is 1.38 bits per heavy atom. The quantitative estimate of drug-likeness (QED) is 0.706. The van der Waals surface area contributed by atoms with Crippen molar-refractivity contribution in [2.75, 3.05) is 52.9 Å². The van der Waals surface area contributed by atoms with Crippen molar-refractivity contribution in [1.29, 1.82) is 0 Å². The molecule has 2 rings (SSSR count). The Kier molecular flexibility index (Phi) is 12.2. The fourth-order valence-corrected chi connectivity index (χ4v) is 3.32. The molecular weight excluding hydrogens is 353 g/mol. The standard InChI is InChI=1S/C16H31N3O3.2ClH/c1-13(20)11-19-6-3-14(4-7-19)12-18(2)16(21)9-15-10-17-5-8-22-15;;/h13-15,17,20H,3-12H2,1-2H3;2*1H. The predicted molar refractivity (Wildman–Crippen MR) is 100 cm³/mol. The topological polar surface area (TPSA) is 65.0 Å². The van der Waals surface area contributed by atoms with E-state index < -0.39 is 0 Å². The van der Waals surface area contributed by atoms with E-state index in [1.807, 2.05) is 18.9 Å². The van der Waals surface area contributed by atoms with Crippen LogP contribution in [-0.4, -0.2) is 85.9 Å². The molecule has 2 aliphatic heterocycles. The maximum atomic E-state index is 12.3. The van der Waals surface area contributed by atoms with Gasteiger partial charge in [0.15, 0.2) is 0 Å². The van der Waals surface area contributed by atoms with Gasteiger partial charge in [0.1, 0.15) is 0 Å². The second-order valence-corrected chi connectivity index (χ2v) is 6.77. The van der Waals surface area contributed by atoms with Crippen molar-refractivity contribution in [3.63, 3.8) is 0 Å². The number of piperidine rings is 1. The van der Waals surface area contributed by atoms with Crippen LogP contribution in [-0.2, 0) is 9.53 Å². The molecule has 144 valence electrons. The molecule has 8 heteroatoms. The molecule has 0 aromatic heterocycles. The van der Waals surface area contributed by atoms with Crippen LogP contribution in [0.2, 0.25) is 0 Å². The molecule has 0 radical (unpaired) electrons. The number of ether oxygens (including phenoxy) is 1. The Morgan fingerprint density at radius 3 is 2.58 bits per heavy atom. The largest absolute Gasteiger partial charge is 0.392 e. The molecule has 6 nitrogen and oxygen atoms in total. The SMILES string of the molecule is CC(O)CN1CCC(CN(C)C(=O)CC2CNCCO2)CC1.Cl.Cl. The van der Waals surface area contributed by atoms with Gasteiger partial charge in [0.05, 0.1) is 25.2 Å². The Balaban J connectivity index is 0.00000264. The minimum absolute atomic E-state index is 0. The molecule has 2 fully saturated rings. The molecule has 2 atom stereocenters. The average Bonchev–Trinajstić information content (AvgIpc) is 2.49.